The van der Waals surface area contributed by atoms with Crippen molar-refractivity contribution in [2.24, 2.45) is 0 Å². The first kappa shape index (κ1) is 15.1. The van der Waals surface area contributed by atoms with Gasteiger partial charge >= 0.3 is 0 Å². The first-order valence-electron chi connectivity index (χ1n) is 7.00. The zero-order chi connectivity index (χ0) is 14.4. The number of hydrogen-bond acceptors (Lipinski definition) is 4. The number of imidazole rings is 1. The van der Waals surface area contributed by atoms with Crippen molar-refractivity contribution < 1.29 is 4.74 Å². The van der Waals surface area contributed by atoms with Gasteiger partial charge in [-0.2, -0.15) is 0 Å². The van der Waals surface area contributed by atoms with E-state index in [-0.39, 0.29) is 0 Å². The second-order valence-corrected chi connectivity index (χ2v) is 6.11. The normalized spacial score (nSPS) is 12.6. The molecule has 0 bridgehead atoms. The molecule has 0 saturated heterocycles. The van der Waals surface area contributed by atoms with E-state index in [0.29, 0.717) is 6.04 Å². The minimum atomic E-state index is 0.372. The van der Waals surface area contributed by atoms with Crippen molar-refractivity contribution in [3.05, 3.63) is 34.3 Å². The highest BCUT2D eigenvalue weighted by molar-refractivity contribution is 7.09. The van der Waals surface area contributed by atoms with E-state index >= 15 is 0 Å². The van der Waals surface area contributed by atoms with Gasteiger partial charge in [-0.15, -0.1) is 11.3 Å². The predicted molar refractivity (Wildman–Crippen MR) is 84.6 cm³/mol. The van der Waals surface area contributed by atoms with Gasteiger partial charge in [0, 0.05) is 43.8 Å². The van der Waals surface area contributed by atoms with Crippen molar-refractivity contribution in [3.8, 4) is 0 Å². The van der Waals surface area contributed by atoms with Crippen LogP contribution in [0.15, 0.2) is 23.7 Å². The van der Waals surface area contributed by atoms with E-state index in [1.54, 1.807) is 18.4 Å². The van der Waals surface area contributed by atoms with Gasteiger partial charge in [-0.3, -0.25) is 0 Å². The van der Waals surface area contributed by atoms with Gasteiger partial charge in [-0.1, -0.05) is 6.07 Å². The summed E-state index contributed by atoms with van der Waals surface area (Å²) in [6.45, 7) is 5.94. The van der Waals surface area contributed by atoms with Crippen LogP contribution in [-0.2, 0) is 17.7 Å². The fourth-order valence-corrected chi connectivity index (χ4v) is 3.05. The van der Waals surface area contributed by atoms with E-state index in [1.165, 1.54) is 4.88 Å². The molecule has 1 N–H and O–H groups in total. The fourth-order valence-electron chi connectivity index (χ4n) is 2.21. The molecule has 1 unspecified atom stereocenters. The van der Waals surface area contributed by atoms with Crippen LogP contribution < -0.4 is 5.32 Å². The average molecular weight is 293 g/mol. The third-order valence-electron chi connectivity index (χ3n) is 3.11. The van der Waals surface area contributed by atoms with Crippen molar-refractivity contribution in [1.29, 1.82) is 0 Å². The van der Waals surface area contributed by atoms with Crippen LogP contribution >= 0.6 is 11.3 Å². The van der Waals surface area contributed by atoms with Crippen molar-refractivity contribution in [2.45, 2.75) is 39.3 Å². The number of anilines is 1. The summed E-state index contributed by atoms with van der Waals surface area (Å²) >= 11 is 1.80. The Morgan fingerprint density at radius 1 is 1.50 bits per heavy atom. The van der Waals surface area contributed by atoms with Crippen LogP contribution in [0, 0.1) is 6.92 Å². The highest BCUT2D eigenvalue weighted by Gasteiger charge is 2.10. The number of nitrogens with one attached hydrogen (secondary N) is 1. The summed E-state index contributed by atoms with van der Waals surface area (Å²) < 4.78 is 7.29. The van der Waals surface area contributed by atoms with E-state index in [1.807, 2.05) is 6.92 Å². The summed E-state index contributed by atoms with van der Waals surface area (Å²) in [4.78, 5) is 5.98. The number of ether oxygens (including phenoxy) is 1. The molecular weight excluding hydrogens is 270 g/mol. The van der Waals surface area contributed by atoms with Crippen molar-refractivity contribution in [2.75, 3.05) is 19.0 Å². The van der Waals surface area contributed by atoms with Crippen molar-refractivity contribution in [3.63, 3.8) is 0 Å². The molecule has 0 aromatic carbocycles. The minimum absolute atomic E-state index is 0.372. The SMILES string of the molecule is COCCCn1cc(C)nc1NC(C)Cc1cccs1. The lowest BCUT2D eigenvalue weighted by atomic mass is 10.2. The maximum atomic E-state index is 5.11. The van der Waals surface area contributed by atoms with E-state index < -0.39 is 0 Å². The molecule has 4 nitrogen and oxygen atoms in total. The Kier molecular flexibility index (Phi) is 5.61. The van der Waals surface area contributed by atoms with Crippen molar-refractivity contribution >= 4 is 17.3 Å². The summed E-state index contributed by atoms with van der Waals surface area (Å²) in [6.07, 6.45) is 4.12. The van der Waals surface area contributed by atoms with E-state index in [0.717, 1.165) is 37.6 Å². The van der Waals surface area contributed by atoms with Crippen LogP contribution in [0.25, 0.3) is 0 Å². The van der Waals surface area contributed by atoms with Gasteiger partial charge in [-0.05, 0) is 31.7 Å². The first-order valence-corrected chi connectivity index (χ1v) is 7.88. The highest BCUT2D eigenvalue weighted by atomic mass is 32.1. The van der Waals surface area contributed by atoms with Crippen LogP contribution in [0.4, 0.5) is 5.95 Å². The van der Waals surface area contributed by atoms with Gasteiger partial charge in [0.1, 0.15) is 0 Å². The Morgan fingerprint density at radius 2 is 2.35 bits per heavy atom. The van der Waals surface area contributed by atoms with E-state index in [2.05, 4.69) is 45.5 Å². The molecule has 2 rings (SSSR count). The van der Waals surface area contributed by atoms with E-state index in [4.69, 9.17) is 4.74 Å². The number of nitrogens with zero attached hydrogens (tertiary/aromatic N) is 2. The largest absolute Gasteiger partial charge is 0.385 e. The van der Waals surface area contributed by atoms with Gasteiger partial charge in [0.15, 0.2) is 0 Å². The monoisotopic (exact) mass is 293 g/mol. The molecule has 2 heterocycles. The molecule has 0 amide bonds. The minimum Gasteiger partial charge on any atom is -0.385 e. The maximum absolute atomic E-state index is 5.11. The maximum Gasteiger partial charge on any atom is 0.203 e. The summed E-state index contributed by atoms with van der Waals surface area (Å²) in [5, 5.41) is 5.64. The van der Waals surface area contributed by atoms with Gasteiger partial charge in [0.05, 0.1) is 5.69 Å². The number of rotatable bonds is 8. The second-order valence-electron chi connectivity index (χ2n) is 5.07. The molecule has 5 heteroatoms. The van der Waals surface area contributed by atoms with Gasteiger partial charge in [-0.25, -0.2) is 4.98 Å². The molecule has 20 heavy (non-hydrogen) atoms. The molecule has 0 radical (unpaired) electrons. The highest BCUT2D eigenvalue weighted by Crippen LogP contribution is 2.15. The summed E-state index contributed by atoms with van der Waals surface area (Å²) in [5.41, 5.74) is 1.05. The molecule has 110 valence electrons. The molecular formula is C15H23N3OS. The van der Waals surface area contributed by atoms with Gasteiger partial charge < -0.3 is 14.6 Å². The molecule has 2 aromatic heterocycles. The van der Waals surface area contributed by atoms with E-state index in [9.17, 15) is 0 Å². The number of aromatic nitrogens is 2. The predicted octanol–water partition coefficient (Wildman–Crippen LogP) is 3.33. The first-order chi connectivity index (χ1) is 9.69. The molecule has 0 fully saturated rings. The van der Waals surface area contributed by atoms with Crippen LogP contribution in [0.2, 0.25) is 0 Å². The Morgan fingerprint density at radius 3 is 3.05 bits per heavy atom. The molecule has 2 aromatic rings. The lowest BCUT2D eigenvalue weighted by Crippen LogP contribution is -2.20. The molecule has 0 spiro atoms. The fraction of sp³-hybridized carbons (Fsp3) is 0.533. The number of methoxy groups -OCH3 is 1. The Labute approximate surface area is 124 Å². The van der Waals surface area contributed by atoms with Gasteiger partial charge in [0.25, 0.3) is 0 Å². The zero-order valence-corrected chi connectivity index (χ0v) is 13.2. The quantitative estimate of drug-likeness (QED) is 0.759. The van der Waals surface area contributed by atoms with Crippen molar-refractivity contribution in [1.82, 2.24) is 9.55 Å². The second kappa shape index (κ2) is 7.45. The zero-order valence-electron chi connectivity index (χ0n) is 12.4. The van der Waals surface area contributed by atoms with Crippen LogP contribution in [0.3, 0.4) is 0 Å². The Bertz CT molecular complexity index is 507. The standard InChI is InChI=1S/C15H23N3OS/c1-12(10-14-6-4-9-20-14)16-15-17-13(2)11-18(15)7-5-8-19-3/h4,6,9,11-12H,5,7-8,10H2,1-3H3,(H,16,17). The molecule has 0 saturated carbocycles. The number of hydrogen-bond donors (Lipinski definition) is 1. The summed E-state index contributed by atoms with van der Waals surface area (Å²) in [6, 6.07) is 4.65. The third kappa shape index (κ3) is 4.35. The molecule has 0 aliphatic carbocycles. The topological polar surface area (TPSA) is 39.1 Å². The van der Waals surface area contributed by atoms with Crippen LogP contribution in [0.5, 0.6) is 0 Å². The molecule has 1 atom stereocenters. The lowest BCUT2D eigenvalue weighted by molar-refractivity contribution is 0.190. The number of aryl methyl sites for hydroxylation is 2. The average Bonchev–Trinajstić information content (AvgIpc) is 3.00. The lowest BCUT2D eigenvalue weighted by Gasteiger charge is -2.15. The van der Waals surface area contributed by atoms with Crippen LogP contribution in [-0.4, -0.2) is 29.3 Å². The Balaban J connectivity index is 1.93. The molecule has 0 aliphatic rings. The van der Waals surface area contributed by atoms with Crippen LogP contribution in [0.1, 0.15) is 23.9 Å². The van der Waals surface area contributed by atoms with Gasteiger partial charge in [0.2, 0.25) is 5.95 Å². The Hall–Kier alpha value is -1.33. The third-order valence-corrected chi connectivity index (χ3v) is 4.01. The smallest absolute Gasteiger partial charge is 0.203 e. The molecule has 0 aliphatic heterocycles. The summed E-state index contributed by atoms with van der Waals surface area (Å²) in [7, 11) is 1.74. The number of thiophene rings is 1. The summed E-state index contributed by atoms with van der Waals surface area (Å²) in [5.74, 6) is 0.961.